The van der Waals surface area contributed by atoms with Crippen LogP contribution < -0.4 is 31.2 Å². The molecule has 0 aliphatic carbocycles. The first-order chi connectivity index (χ1) is 18.3. The Bertz CT molecular complexity index is 1430. The summed E-state index contributed by atoms with van der Waals surface area (Å²) >= 11 is 0.713. The number of ether oxygens (including phenoxy) is 2. The maximum Gasteiger partial charge on any atom is 0.273 e. The molecule has 4 aromatic rings. The second kappa shape index (κ2) is 11.5. The minimum Gasteiger partial charge on any atom is -0.497 e. The Morgan fingerprint density at radius 3 is 2.39 bits per heavy atom. The number of anilines is 2. The molecule has 0 unspecified atom stereocenters. The first-order valence-electron chi connectivity index (χ1n) is 11.3. The molecule has 2 heterocycles. The van der Waals surface area contributed by atoms with E-state index in [1.54, 1.807) is 55.6 Å². The van der Waals surface area contributed by atoms with Crippen LogP contribution in [0.5, 0.6) is 11.5 Å². The predicted molar refractivity (Wildman–Crippen MR) is 141 cm³/mol. The maximum absolute atomic E-state index is 14.0. The number of hydrogen-bond acceptors (Lipinski definition) is 9. The van der Waals surface area contributed by atoms with Crippen molar-refractivity contribution in [3.63, 3.8) is 0 Å². The normalized spacial score (nSPS) is 11.4. The Hall–Kier alpha value is -4.84. The number of amides is 3. The number of hydrogen-bond donors (Lipinski definition) is 3. The number of nitrogens with two attached hydrogens (primary N) is 2. The van der Waals surface area contributed by atoms with Crippen LogP contribution >= 0.6 is 11.5 Å². The highest BCUT2D eigenvalue weighted by Crippen LogP contribution is 2.34. The summed E-state index contributed by atoms with van der Waals surface area (Å²) in [6.07, 6.45) is 1.40. The largest absolute Gasteiger partial charge is 0.497 e. The van der Waals surface area contributed by atoms with Crippen molar-refractivity contribution in [3.8, 4) is 11.5 Å². The average Bonchev–Trinajstić information content (AvgIpc) is 3.60. The van der Waals surface area contributed by atoms with E-state index < -0.39 is 23.8 Å². The van der Waals surface area contributed by atoms with E-state index in [2.05, 4.69) is 9.69 Å². The molecule has 196 valence electrons. The molecule has 12 heteroatoms. The Balaban J connectivity index is 1.76. The van der Waals surface area contributed by atoms with Gasteiger partial charge in [0.25, 0.3) is 17.7 Å². The summed E-state index contributed by atoms with van der Waals surface area (Å²) in [5.74, 6) is -0.739. The van der Waals surface area contributed by atoms with E-state index in [0.29, 0.717) is 28.7 Å². The summed E-state index contributed by atoms with van der Waals surface area (Å²) < 4.78 is 20.1. The van der Waals surface area contributed by atoms with Crippen molar-refractivity contribution < 1.29 is 28.3 Å². The van der Waals surface area contributed by atoms with Crippen LogP contribution in [0, 0.1) is 0 Å². The lowest BCUT2D eigenvalue weighted by Gasteiger charge is -2.30. The average molecular weight is 536 g/mol. The molecule has 11 nitrogen and oxygen atoms in total. The highest BCUT2D eigenvalue weighted by molar-refractivity contribution is 7.09. The number of furan rings is 1. The smallest absolute Gasteiger partial charge is 0.273 e. The van der Waals surface area contributed by atoms with Crippen molar-refractivity contribution in [1.29, 1.82) is 0 Å². The number of nitrogens with zero attached hydrogens (tertiary/aromatic N) is 2. The van der Waals surface area contributed by atoms with Gasteiger partial charge in [-0.05, 0) is 53.5 Å². The van der Waals surface area contributed by atoms with Crippen LogP contribution in [0.3, 0.4) is 0 Å². The minimum absolute atomic E-state index is 0.0545. The molecule has 5 N–H and O–H groups in total. The lowest BCUT2D eigenvalue weighted by molar-refractivity contribution is -0.123. The number of nitrogen functional groups attached to an aromatic ring is 1. The van der Waals surface area contributed by atoms with Crippen molar-refractivity contribution in [2.45, 2.75) is 12.6 Å². The van der Waals surface area contributed by atoms with Crippen molar-refractivity contribution in [3.05, 3.63) is 88.8 Å². The van der Waals surface area contributed by atoms with Gasteiger partial charge in [0.1, 0.15) is 22.1 Å². The fourth-order valence-electron chi connectivity index (χ4n) is 3.73. The van der Waals surface area contributed by atoms with Crippen molar-refractivity contribution in [2.75, 3.05) is 24.9 Å². The second-order valence-corrected chi connectivity index (χ2v) is 8.77. The van der Waals surface area contributed by atoms with E-state index in [9.17, 15) is 14.4 Å². The second-order valence-electron chi connectivity index (χ2n) is 8.00. The molecule has 2 aromatic heterocycles. The number of methoxy groups -OCH3 is 2. The van der Waals surface area contributed by atoms with E-state index in [4.69, 9.17) is 25.4 Å². The number of carbonyl (C=O) groups is 3. The van der Waals surface area contributed by atoms with Gasteiger partial charge in [-0.2, -0.15) is 4.37 Å². The van der Waals surface area contributed by atoms with Gasteiger partial charge in [0.05, 0.1) is 26.2 Å². The third kappa shape index (κ3) is 5.44. The fourth-order valence-corrected chi connectivity index (χ4v) is 4.47. The number of primary amides is 1. The molecule has 0 fully saturated rings. The van der Waals surface area contributed by atoms with Crippen LogP contribution in [0.4, 0.5) is 11.4 Å². The van der Waals surface area contributed by atoms with Crippen LogP contribution in [0.15, 0.2) is 71.3 Å². The minimum atomic E-state index is -1.25. The topological polar surface area (TPSA) is 163 Å². The zero-order valence-electron chi connectivity index (χ0n) is 20.5. The first kappa shape index (κ1) is 26.2. The molecule has 38 heavy (non-hydrogen) atoms. The van der Waals surface area contributed by atoms with Gasteiger partial charge in [0.2, 0.25) is 0 Å². The molecule has 0 saturated carbocycles. The van der Waals surface area contributed by atoms with Crippen LogP contribution in [0.2, 0.25) is 0 Å². The molecule has 3 amide bonds. The molecule has 0 radical (unpaired) electrons. The van der Waals surface area contributed by atoms with Crippen LogP contribution in [0.1, 0.15) is 37.5 Å². The van der Waals surface area contributed by atoms with Crippen LogP contribution in [-0.4, -0.2) is 36.3 Å². The molecule has 4 rings (SSSR count). The van der Waals surface area contributed by atoms with Gasteiger partial charge in [0, 0.05) is 18.3 Å². The monoisotopic (exact) mass is 535 g/mol. The van der Waals surface area contributed by atoms with Gasteiger partial charge < -0.3 is 30.7 Å². The molecule has 0 aliphatic heterocycles. The van der Waals surface area contributed by atoms with E-state index in [1.807, 2.05) is 12.1 Å². The molecule has 0 bridgehead atoms. The van der Waals surface area contributed by atoms with Gasteiger partial charge in [-0.15, -0.1) is 0 Å². The first-order valence-corrected chi connectivity index (χ1v) is 12.1. The highest BCUT2D eigenvalue weighted by Gasteiger charge is 2.37. The van der Waals surface area contributed by atoms with Crippen LogP contribution in [-0.2, 0) is 11.3 Å². The highest BCUT2D eigenvalue weighted by atomic mass is 32.1. The molecule has 1 atom stereocenters. The van der Waals surface area contributed by atoms with Gasteiger partial charge in [-0.3, -0.25) is 19.3 Å². The number of nitrogens with one attached hydrogen (secondary N) is 1. The van der Waals surface area contributed by atoms with E-state index in [1.165, 1.54) is 18.3 Å². The summed E-state index contributed by atoms with van der Waals surface area (Å²) in [7, 11) is 3.05. The third-order valence-electron chi connectivity index (χ3n) is 5.65. The standard InChI is InChI=1S/C26H25N5O6S/c1-35-17-10-8-15(9-11-17)14-29-25(33)22(19-7-4-12-37-19)31(16-5-3-6-18(13-16)36-2)26(34)23-20(27)21(24(28)32)30-38-23/h3-13,22H,14,27H2,1-2H3,(H2,28,32)(H,29,33)/t22-/m0/s1. The zero-order valence-corrected chi connectivity index (χ0v) is 21.4. The molecule has 0 spiro atoms. The quantitative estimate of drug-likeness (QED) is 0.279. The summed E-state index contributed by atoms with van der Waals surface area (Å²) in [5, 5.41) is 2.87. The van der Waals surface area contributed by atoms with Gasteiger partial charge in [0.15, 0.2) is 11.7 Å². The summed E-state index contributed by atoms with van der Waals surface area (Å²) in [6.45, 7) is 0.175. The molecule has 2 aromatic carbocycles. The molecular weight excluding hydrogens is 510 g/mol. The van der Waals surface area contributed by atoms with Gasteiger partial charge in [-0.1, -0.05) is 18.2 Å². The van der Waals surface area contributed by atoms with Gasteiger partial charge >= 0.3 is 0 Å². The summed E-state index contributed by atoms with van der Waals surface area (Å²) in [6, 6.07) is 15.7. The van der Waals surface area contributed by atoms with Crippen molar-refractivity contribution in [1.82, 2.24) is 9.69 Å². The maximum atomic E-state index is 14.0. The number of aromatic nitrogens is 1. The van der Waals surface area contributed by atoms with E-state index >= 15 is 0 Å². The lowest BCUT2D eigenvalue weighted by atomic mass is 10.1. The van der Waals surface area contributed by atoms with Gasteiger partial charge in [-0.25, -0.2) is 0 Å². The van der Waals surface area contributed by atoms with Crippen molar-refractivity contribution >= 4 is 40.6 Å². The summed E-state index contributed by atoms with van der Waals surface area (Å²) in [4.78, 5) is 40.6. The molecular formula is C26H25N5O6S. The third-order valence-corrected chi connectivity index (χ3v) is 6.50. The zero-order chi connectivity index (χ0) is 27.2. The summed E-state index contributed by atoms with van der Waals surface area (Å²) in [5.41, 5.74) is 12.2. The SMILES string of the molecule is COc1ccc(CNC(=O)[C@H](c2ccco2)N(C(=O)c2snc(C(N)=O)c2N)c2cccc(OC)c2)cc1. The number of carbonyl (C=O) groups excluding carboxylic acids is 3. The van der Waals surface area contributed by atoms with E-state index in [-0.39, 0.29) is 28.6 Å². The lowest BCUT2D eigenvalue weighted by Crippen LogP contribution is -2.43. The Labute approximate surface area is 222 Å². The molecule has 0 saturated heterocycles. The number of benzene rings is 2. The Kier molecular flexibility index (Phi) is 7.92. The van der Waals surface area contributed by atoms with Crippen molar-refractivity contribution in [2.24, 2.45) is 5.73 Å². The molecule has 0 aliphatic rings. The Morgan fingerprint density at radius 1 is 1.05 bits per heavy atom. The number of rotatable bonds is 10. The fraction of sp³-hybridized carbons (Fsp3) is 0.154. The predicted octanol–water partition coefficient (Wildman–Crippen LogP) is 3.14. The van der Waals surface area contributed by atoms with E-state index in [0.717, 1.165) is 5.56 Å². The van der Waals surface area contributed by atoms with Crippen LogP contribution in [0.25, 0.3) is 0 Å². The Morgan fingerprint density at radius 2 is 1.79 bits per heavy atom.